The number of aryl methyl sites for hydroxylation is 1. The molecular formula is C19H24N2O. The van der Waals surface area contributed by atoms with E-state index in [-0.39, 0.29) is 0 Å². The molecule has 2 heterocycles. The third-order valence-corrected chi connectivity index (χ3v) is 5.19. The minimum atomic E-state index is 0.473. The van der Waals surface area contributed by atoms with Crippen LogP contribution < -0.4 is 5.32 Å². The highest BCUT2D eigenvalue weighted by atomic mass is 16.5. The maximum atomic E-state index is 5.96. The molecule has 1 N–H and O–H groups in total. The van der Waals surface area contributed by atoms with Gasteiger partial charge in [0.05, 0.1) is 11.6 Å². The van der Waals surface area contributed by atoms with E-state index in [2.05, 4.69) is 43.4 Å². The van der Waals surface area contributed by atoms with Crippen LogP contribution in [0.3, 0.4) is 0 Å². The monoisotopic (exact) mass is 296 g/mol. The number of anilines is 1. The number of nitrogens with zero attached hydrogens (tertiary/aromatic N) is 1. The molecular weight excluding hydrogens is 272 g/mol. The number of para-hydroxylation sites is 1. The normalized spacial score (nSPS) is 25.4. The zero-order chi connectivity index (χ0) is 15.1. The second-order valence-electron chi connectivity index (χ2n) is 6.83. The lowest BCUT2D eigenvalue weighted by atomic mass is 9.98. The van der Waals surface area contributed by atoms with Crippen molar-refractivity contribution in [3.8, 4) is 0 Å². The molecule has 2 fully saturated rings. The molecule has 0 amide bonds. The zero-order valence-corrected chi connectivity index (χ0v) is 13.4. The van der Waals surface area contributed by atoms with Crippen molar-refractivity contribution in [2.45, 2.75) is 51.7 Å². The second kappa shape index (κ2) is 5.54. The van der Waals surface area contributed by atoms with Crippen LogP contribution in [0.2, 0.25) is 0 Å². The Bertz CT molecular complexity index is 693. The van der Waals surface area contributed by atoms with Gasteiger partial charge in [0.2, 0.25) is 0 Å². The molecule has 3 heteroatoms. The standard InChI is InChI=1S/C19H24N2O/c1-12-13(2)20-17-6-4-3-5-16(17)19(12)21-15-9-10-22-18(11-15)14-7-8-14/h3-6,14-15,18H,7-11H2,1-2H3,(H,20,21). The van der Waals surface area contributed by atoms with E-state index in [1.807, 2.05) is 0 Å². The van der Waals surface area contributed by atoms with Crippen LogP contribution in [0.25, 0.3) is 10.9 Å². The van der Waals surface area contributed by atoms with Gasteiger partial charge in [0.1, 0.15) is 0 Å². The molecule has 1 aromatic carbocycles. The molecule has 1 saturated carbocycles. The van der Waals surface area contributed by atoms with Crippen LogP contribution in [0, 0.1) is 19.8 Å². The molecule has 1 aromatic heterocycles. The summed E-state index contributed by atoms with van der Waals surface area (Å²) in [6.45, 7) is 5.17. The number of nitrogens with one attached hydrogen (secondary N) is 1. The summed E-state index contributed by atoms with van der Waals surface area (Å²) in [5.41, 5.74) is 4.74. The van der Waals surface area contributed by atoms with Gasteiger partial charge in [-0.25, -0.2) is 0 Å². The first-order valence-corrected chi connectivity index (χ1v) is 8.46. The first-order chi connectivity index (χ1) is 10.7. The number of aromatic nitrogens is 1. The summed E-state index contributed by atoms with van der Waals surface area (Å²) >= 11 is 0. The van der Waals surface area contributed by atoms with Gasteiger partial charge in [-0.2, -0.15) is 0 Å². The Morgan fingerprint density at radius 3 is 2.77 bits per heavy atom. The molecule has 4 rings (SSSR count). The fourth-order valence-electron chi connectivity index (χ4n) is 3.58. The van der Waals surface area contributed by atoms with Crippen molar-refractivity contribution in [3.05, 3.63) is 35.5 Å². The largest absolute Gasteiger partial charge is 0.381 e. The maximum Gasteiger partial charge on any atom is 0.0726 e. The van der Waals surface area contributed by atoms with Crippen LogP contribution in [0.4, 0.5) is 5.69 Å². The van der Waals surface area contributed by atoms with Crippen molar-refractivity contribution in [1.29, 1.82) is 0 Å². The molecule has 1 saturated heterocycles. The lowest BCUT2D eigenvalue weighted by molar-refractivity contribution is -0.00217. The fraction of sp³-hybridized carbons (Fsp3) is 0.526. The second-order valence-corrected chi connectivity index (χ2v) is 6.83. The molecule has 22 heavy (non-hydrogen) atoms. The molecule has 1 aliphatic heterocycles. The first kappa shape index (κ1) is 14.0. The topological polar surface area (TPSA) is 34.2 Å². The van der Waals surface area contributed by atoms with Gasteiger partial charge in [-0.3, -0.25) is 4.98 Å². The lowest BCUT2D eigenvalue weighted by Gasteiger charge is -2.31. The van der Waals surface area contributed by atoms with Gasteiger partial charge >= 0.3 is 0 Å². The zero-order valence-electron chi connectivity index (χ0n) is 13.4. The number of pyridine rings is 1. The van der Waals surface area contributed by atoms with E-state index in [0.29, 0.717) is 12.1 Å². The minimum Gasteiger partial charge on any atom is -0.381 e. The van der Waals surface area contributed by atoms with Crippen LogP contribution in [0.15, 0.2) is 24.3 Å². The van der Waals surface area contributed by atoms with E-state index in [9.17, 15) is 0 Å². The third-order valence-electron chi connectivity index (χ3n) is 5.19. The number of fused-ring (bicyclic) bond motifs is 1. The summed E-state index contributed by atoms with van der Waals surface area (Å²) < 4.78 is 5.96. The van der Waals surface area contributed by atoms with E-state index in [0.717, 1.165) is 36.6 Å². The molecule has 2 aliphatic rings. The average molecular weight is 296 g/mol. The van der Waals surface area contributed by atoms with Gasteiger partial charge in [0.25, 0.3) is 0 Å². The van der Waals surface area contributed by atoms with Crippen molar-refractivity contribution in [3.63, 3.8) is 0 Å². The Kier molecular flexibility index (Phi) is 3.53. The Hall–Kier alpha value is -1.61. The smallest absolute Gasteiger partial charge is 0.0726 e. The molecule has 3 nitrogen and oxygen atoms in total. The molecule has 0 radical (unpaired) electrons. The predicted molar refractivity (Wildman–Crippen MR) is 90.3 cm³/mol. The lowest BCUT2D eigenvalue weighted by Crippen LogP contribution is -2.35. The number of hydrogen-bond donors (Lipinski definition) is 1. The molecule has 2 aromatic rings. The summed E-state index contributed by atoms with van der Waals surface area (Å²) in [7, 11) is 0. The summed E-state index contributed by atoms with van der Waals surface area (Å²) in [5.74, 6) is 0.821. The van der Waals surface area contributed by atoms with Crippen LogP contribution in [-0.4, -0.2) is 23.7 Å². The van der Waals surface area contributed by atoms with Crippen molar-refractivity contribution < 1.29 is 4.74 Å². The maximum absolute atomic E-state index is 5.96. The highest BCUT2D eigenvalue weighted by Gasteiger charge is 2.36. The third kappa shape index (κ3) is 2.58. The quantitative estimate of drug-likeness (QED) is 0.920. The van der Waals surface area contributed by atoms with Gasteiger partial charge in [-0.1, -0.05) is 18.2 Å². The first-order valence-electron chi connectivity index (χ1n) is 8.46. The highest BCUT2D eigenvalue weighted by Crippen LogP contribution is 2.39. The van der Waals surface area contributed by atoms with Crippen molar-refractivity contribution in [2.24, 2.45) is 5.92 Å². The van der Waals surface area contributed by atoms with Crippen LogP contribution >= 0.6 is 0 Å². The Morgan fingerprint density at radius 1 is 1.14 bits per heavy atom. The predicted octanol–water partition coefficient (Wildman–Crippen LogP) is 4.22. The Balaban J connectivity index is 1.64. The average Bonchev–Trinajstić information content (AvgIpc) is 3.37. The van der Waals surface area contributed by atoms with Crippen LogP contribution in [0.5, 0.6) is 0 Å². The molecule has 0 bridgehead atoms. The van der Waals surface area contributed by atoms with E-state index in [4.69, 9.17) is 9.72 Å². The van der Waals surface area contributed by atoms with E-state index < -0.39 is 0 Å². The summed E-state index contributed by atoms with van der Waals surface area (Å²) in [5, 5.41) is 5.06. The summed E-state index contributed by atoms with van der Waals surface area (Å²) in [6, 6.07) is 8.95. The van der Waals surface area contributed by atoms with Crippen molar-refractivity contribution in [1.82, 2.24) is 4.98 Å². The number of benzene rings is 1. The summed E-state index contributed by atoms with van der Waals surface area (Å²) in [4.78, 5) is 4.72. The van der Waals surface area contributed by atoms with Crippen molar-refractivity contribution >= 4 is 16.6 Å². The van der Waals surface area contributed by atoms with Gasteiger partial charge in [0.15, 0.2) is 0 Å². The molecule has 2 unspecified atom stereocenters. The number of ether oxygens (including phenoxy) is 1. The Morgan fingerprint density at radius 2 is 1.95 bits per heavy atom. The van der Waals surface area contributed by atoms with Gasteiger partial charge in [-0.15, -0.1) is 0 Å². The van der Waals surface area contributed by atoms with Gasteiger partial charge < -0.3 is 10.1 Å². The van der Waals surface area contributed by atoms with E-state index in [1.165, 1.54) is 29.5 Å². The molecule has 1 aliphatic carbocycles. The number of hydrogen-bond acceptors (Lipinski definition) is 3. The SMILES string of the molecule is Cc1nc2ccccc2c(NC2CCOC(C3CC3)C2)c1C. The fourth-order valence-corrected chi connectivity index (χ4v) is 3.58. The van der Waals surface area contributed by atoms with E-state index in [1.54, 1.807) is 0 Å². The molecule has 0 spiro atoms. The highest BCUT2D eigenvalue weighted by molar-refractivity contribution is 5.93. The van der Waals surface area contributed by atoms with Crippen molar-refractivity contribution in [2.75, 3.05) is 11.9 Å². The number of rotatable bonds is 3. The Labute approximate surface area is 132 Å². The minimum absolute atomic E-state index is 0.473. The summed E-state index contributed by atoms with van der Waals surface area (Å²) in [6.07, 6.45) is 5.42. The van der Waals surface area contributed by atoms with Crippen LogP contribution in [0.1, 0.15) is 36.9 Å². The molecule has 2 atom stereocenters. The van der Waals surface area contributed by atoms with E-state index >= 15 is 0 Å². The van der Waals surface area contributed by atoms with Crippen LogP contribution in [-0.2, 0) is 4.74 Å². The van der Waals surface area contributed by atoms with Gasteiger partial charge in [0, 0.05) is 29.4 Å². The van der Waals surface area contributed by atoms with Gasteiger partial charge in [-0.05, 0) is 57.1 Å². The molecule has 116 valence electrons.